The first kappa shape index (κ1) is 15.2. The highest BCUT2D eigenvalue weighted by Gasteiger charge is 1.89. The normalized spacial score (nSPS) is 8.73. The van der Waals surface area contributed by atoms with Crippen molar-refractivity contribution in [1.82, 2.24) is 0 Å². The molecule has 1 aromatic carbocycles. The van der Waals surface area contributed by atoms with E-state index in [1.54, 1.807) is 17.5 Å². The summed E-state index contributed by atoms with van der Waals surface area (Å²) in [6.45, 7) is 0. The lowest BCUT2D eigenvalue weighted by Gasteiger charge is -1.88. The van der Waals surface area contributed by atoms with Crippen molar-refractivity contribution in [3.05, 3.63) is 34.3 Å². The number of hydrogen-bond donors (Lipinski definition) is 0. The van der Waals surface area contributed by atoms with Crippen LogP contribution in [0.5, 0.6) is 0 Å². The average Bonchev–Trinajstić information content (AvgIpc) is 2.24. The van der Waals surface area contributed by atoms with Gasteiger partial charge in [0.15, 0.2) is 0 Å². The third-order valence-electron chi connectivity index (χ3n) is 1.35. The number of halogens is 3. The van der Waals surface area contributed by atoms with E-state index in [0.717, 1.165) is 18.2 Å². The highest BCUT2D eigenvalue weighted by Crippen LogP contribution is 2.19. The summed E-state index contributed by atoms with van der Waals surface area (Å²) in [6, 6.07) is 7.19. The van der Waals surface area contributed by atoms with Crippen molar-refractivity contribution in [2.75, 3.05) is 5.33 Å². The molecule has 0 aliphatic carbocycles. The Labute approximate surface area is 112 Å². The van der Waals surface area contributed by atoms with Crippen molar-refractivity contribution >= 4 is 55.8 Å². The SMILES string of the molecule is Clc1ccccc1Cl.O=S=CCCCBr. The number of benzene rings is 1. The van der Waals surface area contributed by atoms with Gasteiger partial charge in [0.25, 0.3) is 0 Å². The predicted octanol–water partition coefficient (Wildman–Crippen LogP) is 4.17. The molecule has 0 aliphatic heterocycles. The third kappa shape index (κ3) is 9.12. The summed E-state index contributed by atoms with van der Waals surface area (Å²) in [6.07, 6.45) is 1.98. The van der Waals surface area contributed by atoms with Crippen molar-refractivity contribution in [2.45, 2.75) is 12.8 Å². The predicted molar refractivity (Wildman–Crippen MR) is 73.7 cm³/mol. The fourth-order valence-corrected chi connectivity index (χ4v) is 1.51. The molecule has 15 heavy (non-hydrogen) atoms. The van der Waals surface area contributed by atoms with Gasteiger partial charge in [-0.1, -0.05) is 51.3 Å². The molecule has 0 unspecified atom stereocenters. The Bertz CT molecular complexity index is 306. The van der Waals surface area contributed by atoms with E-state index in [0.29, 0.717) is 21.3 Å². The largest absolute Gasteiger partial charge is 0.213 e. The summed E-state index contributed by atoms with van der Waals surface area (Å²) >= 11 is 14.9. The van der Waals surface area contributed by atoms with Gasteiger partial charge >= 0.3 is 0 Å². The molecule has 1 rings (SSSR count). The molecule has 0 N–H and O–H groups in total. The highest BCUT2D eigenvalue weighted by molar-refractivity contribution is 9.09. The van der Waals surface area contributed by atoms with Gasteiger partial charge in [-0.15, -0.1) is 0 Å². The molecule has 1 nitrogen and oxygen atoms in total. The van der Waals surface area contributed by atoms with Gasteiger partial charge in [0, 0.05) is 10.7 Å². The first-order valence-electron chi connectivity index (χ1n) is 4.28. The second-order valence-corrected chi connectivity index (χ2v) is 4.64. The Morgan fingerprint density at radius 1 is 1.27 bits per heavy atom. The molecule has 1 aromatic rings. The van der Waals surface area contributed by atoms with Crippen LogP contribution < -0.4 is 0 Å². The van der Waals surface area contributed by atoms with Crippen molar-refractivity contribution in [2.24, 2.45) is 0 Å². The van der Waals surface area contributed by atoms with Crippen LogP contribution in [-0.4, -0.2) is 14.9 Å². The molecule has 0 atom stereocenters. The molecule has 0 spiro atoms. The molecular formula is C10H11BrCl2OS. The molecule has 0 amide bonds. The maximum Gasteiger partial charge on any atom is 0.0841 e. The van der Waals surface area contributed by atoms with Gasteiger partial charge in [-0.05, 0) is 25.0 Å². The summed E-state index contributed by atoms with van der Waals surface area (Å²) < 4.78 is 9.65. The lowest BCUT2D eigenvalue weighted by Crippen LogP contribution is -1.74. The van der Waals surface area contributed by atoms with Crippen LogP contribution in [-0.2, 0) is 11.3 Å². The van der Waals surface area contributed by atoms with Crippen molar-refractivity contribution < 1.29 is 4.21 Å². The van der Waals surface area contributed by atoms with Crippen LogP contribution in [0.15, 0.2) is 24.3 Å². The van der Waals surface area contributed by atoms with Crippen molar-refractivity contribution in [3.8, 4) is 0 Å². The topological polar surface area (TPSA) is 17.1 Å². The Morgan fingerprint density at radius 2 is 1.80 bits per heavy atom. The first-order chi connectivity index (χ1) is 7.22. The maximum absolute atomic E-state index is 9.65. The van der Waals surface area contributed by atoms with E-state index in [9.17, 15) is 4.21 Å². The number of alkyl halides is 1. The lowest BCUT2D eigenvalue weighted by molar-refractivity contribution is 0.701. The number of unbranched alkanes of at least 4 members (excludes halogenated alkanes) is 1. The van der Waals surface area contributed by atoms with Crippen LogP contribution in [0.4, 0.5) is 0 Å². The minimum absolute atomic E-state index is 0.546. The summed E-state index contributed by atoms with van der Waals surface area (Å²) in [5.41, 5.74) is 0. The van der Waals surface area contributed by atoms with Crippen LogP contribution in [0, 0.1) is 0 Å². The van der Waals surface area contributed by atoms with E-state index in [-0.39, 0.29) is 0 Å². The van der Waals surface area contributed by atoms with Crippen LogP contribution in [0.3, 0.4) is 0 Å². The lowest BCUT2D eigenvalue weighted by atomic mass is 10.4. The van der Waals surface area contributed by atoms with Gasteiger partial charge in [-0.25, -0.2) is 4.21 Å². The Balaban J connectivity index is 0.000000265. The Kier molecular flexibility index (Phi) is 10.8. The summed E-state index contributed by atoms with van der Waals surface area (Å²) in [5.74, 6) is 0. The summed E-state index contributed by atoms with van der Waals surface area (Å²) in [5, 5.41) is 3.87. The molecule has 0 bridgehead atoms. The van der Waals surface area contributed by atoms with Crippen LogP contribution in [0.1, 0.15) is 12.8 Å². The zero-order valence-electron chi connectivity index (χ0n) is 7.96. The van der Waals surface area contributed by atoms with Crippen molar-refractivity contribution in [1.29, 1.82) is 0 Å². The van der Waals surface area contributed by atoms with E-state index in [2.05, 4.69) is 15.9 Å². The van der Waals surface area contributed by atoms with Crippen LogP contribution in [0.2, 0.25) is 10.0 Å². The second-order valence-electron chi connectivity index (χ2n) is 2.51. The molecule has 0 radical (unpaired) electrons. The molecule has 5 heteroatoms. The zero-order valence-corrected chi connectivity index (χ0v) is 11.9. The van der Waals surface area contributed by atoms with E-state index >= 15 is 0 Å². The molecular weight excluding hydrogens is 319 g/mol. The van der Waals surface area contributed by atoms with Gasteiger partial charge in [-0.2, -0.15) is 0 Å². The molecule has 0 saturated carbocycles. The number of hydrogen-bond acceptors (Lipinski definition) is 1. The smallest absolute Gasteiger partial charge is 0.0841 e. The fraction of sp³-hybridized carbons (Fsp3) is 0.300. The van der Waals surface area contributed by atoms with E-state index < -0.39 is 0 Å². The monoisotopic (exact) mass is 328 g/mol. The molecule has 84 valence electrons. The molecule has 0 aliphatic rings. The highest BCUT2D eigenvalue weighted by atomic mass is 79.9. The zero-order chi connectivity index (χ0) is 11.5. The van der Waals surface area contributed by atoms with Gasteiger partial charge in [0.2, 0.25) is 0 Å². The maximum atomic E-state index is 9.65. The Hall–Kier alpha value is 0.170. The Morgan fingerprint density at radius 3 is 2.13 bits per heavy atom. The second kappa shape index (κ2) is 10.7. The summed E-state index contributed by atoms with van der Waals surface area (Å²) in [4.78, 5) is 0. The van der Waals surface area contributed by atoms with E-state index in [1.165, 1.54) is 0 Å². The minimum atomic E-state index is 0.546. The standard InChI is InChI=1S/C6H4Cl2.C4H7BrOS/c7-5-3-1-2-4-6(5)8;5-3-1-2-4-7-6/h1-4H;4H,1-3H2. The quantitative estimate of drug-likeness (QED) is 0.462. The fourth-order valence-electron chi connectivity index (χ4n) is 0.648. The van der Waals surface area contributed by atoms with Gasteiger partial charge in [0.05, 0.1) is 21.3 Å². The first-order valence-corrected chi connectivity index (χ1v) is 6.97. The molecule has 0 aromatic heterocycles. The van der Waals surface area contributed by atoms with Crippen LogP contribution >= 0.6 is 39.1 Å². The third-order valence-corrected chi connectivity index (χ3v) is 3.04. The van der Waals surface area contributed by atoms with Gasteiger partial charge < -0.3 is 0 Å². The van der Waals surface area contributed by atoms with Crippen LogP contribution in [0.25, 0.3) is 0 Å². The van der Waals surface area contributed by atoms with Gasteiger partial charge in [0.1, 0.15) is 0 Å². The number of rotatable bonds is 3. The summed E-state index contributed by atoms with van der Waals surface area (Å²) in [7, 11) is 0. The molecule has 0 fully saturated rings. The molecule has 0 heterocycles. The molecule has 0 saturated heterocycles. The van der Waals surface area contributed by atoms with E-state index in [1.807, 2.05) is 12.1 Å². The van der Waals surface area contributed by atoms with Crippen molar-refractivity contribution in [3.63, 3.8) is 0 Å². The minimum Gasteiger partial charge on any atom is -0.213 e. The van der Waals surface area contributed by atoms with Gasteiger partial charge in [-0.3, -0.25) is 0 Å². The average molecular weight is 330 g/mol. The van der Waals surface area contributed by atoms with E-state index in [4.69, 9.17) is 23.2 Å².